The van der Waals surface area contributed by atoms with Gasteiger partial charge in [0.25, 0.3) is 0 Å². The number of unbranched alkanes of at least 4 members (excludes halogenated alkanes) is 1. The highest BCUT2D eigenvalue weighted by Crippen LogP contribution is 2.24. The van der Waals surface area contributed by atoms with E-state index >= 15 is 0 Å². The van der Waals surface area contributed by atoms with Gasteiger partial charge in [0.2, 0.25) is 5.91 Å². The van der Waals surface area contributed by atoms with Crippen molar-refractivity contribution < 1.29 is 4.79 Å². The van der Waals surface area contributed by atoms with Gasteiger partial charge < -0.3 is 5.32 Å². The smallest absolute Gasteiger partial charge is 0.233 e. The Morgan fingerprint density at radius 1 is 1.54 bits per heavy atom. The number of hydrogen-bond donors (Lipinski definition) is 1. The fourth-order valence-corrected chi connectivity index (χ4v) is 2.67. The third-order valence-corrected chi connectivity index (χ3v) is 3.68. The summed E-state index contributed by atoms with van der Waals surface area (Å²) < 4.78 is 0. The Morgan fingerprint density at radius 3 is 3.00 bits per heavy atom. The van der Waals surface area contributed by atoms with Crippen LogP contribution in [0.15, 0.2) is 0 Å². The summed E-state index contributed by atoms with van der Waals surface area (Å²) in [5, 5.41) is 3.23. The maximum Gasteiger partial charge on any atom is 0.233 e. The predicted octanol–water partition coefficient (Wildman–Crippen LogP) is 2.19. The molecule has 1 N–H and O–H groups in total. The van der Waals surface area contributed by atoms with Crippen molar-refractivity contribution in [1.29, 1.82) is 0 Å². The van der Waals surface area contributed by atoms with Gasteiger partial charge in [0, 0.05) is 6.54 Å². The highest BCUT2D eigenvalue weighted by molar-refractivity contribution is 8.00. The molecule has 1 rings (SSSR count). The van der Waals surface area contributed by atoms with E-state index in [0.29, 0.717) is 0 Å². The number of rotatable bonds is 4. The first kappa shape index (κ1) is 10.9. The molecule has 0 spiro atoms. The van der Waals surface area contributed by atoms with Gasteiger partial charge in [-0.2, -0.15) is 0 Å². The number of carbonyl (C=O) groups excluding carboxylic acids is 1. The highest BCUT2D eigenvalue weighted by atomic mass is 32.2. The van der Waals surface area contributed by atoms with Crippen LogP contribution in [0.3, 0.4) is 0 Å². The van der Waals surface area contributed by atoms with Crippen molar-refractivity contribution in [3.63, 3.8) is 0 Å². The van der Waals surface area contributed by atoms with E-state index in [1.807, 2.05) is 11.8 Å². The van der Waals surface area contributed by atoms with Crippen molar-refractivity contribution in [2.75, 3.05) is 12.3 Å². The maximum atomic E-state index is 11.5. The second-order valence-electron chi connectivity index (χ2n) is 3.50. The third-order valence-electron chi connectivity index (χ3n) is 2.30. The summed E-state index contributed by atoms with van der Waals surface area (Å²) in [6.45, 7) is 2.99. The Hall–Kier alpha value is -0.180. The van der Waals surface area contributed by atoms with Crippen LogP contribution in [0, 0.1) is 0 Å². The fraction of sp³-hybridized carbons (Fsp3) is 0.900. The minimum absolute atomic E-state index is 0.241. The molecular formula is C10H19NOS. The van der Waals surface area contributed by atoms with Crippen LogP contribution in [0.1, 0.15) is 39.0 Å². The summed E-state index contributed by atoms with van der Waals surface area (Å²) in [6.07, 6.45) is 5.83. The summed E-state index contributed by atoms with van der Waals surface area (Å²) in [4.78, 5) is 11.5. The number of amides is 1. The van der Waals surface area contributed by atoms with Gasteiger partial charge >= 0.3 is 0 Å². The van der Waals surface area contributed by atoms with E-state index in [2.05, 4.69) is 12.2 Å². The Balaban J connectivity index is 2.13. The molecular weight excluding hydrogens is 182 g/mol. The van der Waals surface area contributed by atoms with Crippen molar-refractivity contribution >= 4 is 17.7 Å². The molecule has 3 heteroatoms. The van der Waals surface area contributed by atoms with Crippen molar-refractivity contribution in [2.24, 2.45) is 0 Å². The molecule has 1 saturated heterocycles. The van der Waals surface area contributed by atoms with E-state index in [1.165, 1.54) is 12.8 Å². The average molecular weight is 201 g/mol. The molecule has 1 aliphatic heterocycles. The van der Waals surface area contributed by atoms with Gasteiger partial charge in [-0.1, -0.05) is 19.8 Å². The summed E-state index contributed by atoms with van der Waals surface area (Å²) in [6, 6.07) is 0. The number of carbonyl (C=O) groups is 1. The summed E-state index contributed by atoms with van der Waals surface area (Å²) in [5.41, 5.74) is 0. The molecule has 13 heavy (non-hydrogen) atoms. The van der Waals surface area contributed by atoms with Crippen LogP contribution in [-0.4, -0.2) is 23.5 Å². The number of nitrogens with one attached hydrogen (secondary N) is 1. The number of thioether (sulfide) groups is 1. The molecule has 76 valence electrons. The second kappa shape index (κ2) is 6.30. The molecule has 1 heterocycles. The van der Waals surface area contributed by atoms with E-state index in [0.717, 1.165) is 31.6 Å². The monoisotopic (exact) mass is 201 g/mol. The first-order valence-electron chi connectivity index (χ1n) is 5.24. The molecule has 1 aliphatic rings. The topological polar surface area (TPSA) is 29.1 Å². The second-order valence-corrected chi connectivity index (χ2v) is 4.81. The van der Waals surface area contributed by atoms with Crippen LogP contribution in [0.4, 0.5) is 0 Å². The normalized spacial score (nSPS) is 22.7. The zero-order valence-corrected chi connectivity index (χ0v) is 9.16. The van der Waals surface area contributed by atoms with Crippen LogP contribution in [0.5, 0.6) is 0 Å². The Morgan fingerprint density at radius 2 is 2.38 bits per heavy atom. The molecule has 0 aromatic rings. The van der Waals surface area contributed by atoms with Gasteiger partial charge in [-0.25, -0.2) is 0 Å². The molecule has 1 amide bonds. The minimum Gasteiger partial charge on any atom is -0.355 e. The Labute approximate surface area is 84.9 Å². The van der Waals surface area contributed by atoms with E-state index in [-0.39, 0.29) is 11.2 Å². The molecule has 1 atom stereocenters. The van der Waals surface area contributed by atoms with Gasteiger partial charge in [-0.15, -0.1) is 11.8 Å². The molecule has 0 saturated carbocycles. The summed E-state index contributed by atoms with van der Waals surface area (Å²) in [7, 11) is 0. The van der Waals surface area contributed by atoms with Crippen LogP contribution >= 0.6 is 11.8 Å². The molecule has 0 aromatic heterocycles. The van der Waals surface area contributed by atoms with Crippen molar-refractivity contribution in [3.05, 3.63) is 0 Å². The molecule has 1 fully saturated rings. The molecule has 1 unspecified atom stereocenters. The lowest BCUT2D eigenvalue weighted by atomic mass is 10.2. The van der Waals surface area contributed by atoms with Crippen LogP contribution in [0.2, 0.25) is 0 Å². The van der Waals surface area contributed by atoms with Crippen LogP contribution < -0.4 is 5.32 Å². The molecule has 0 radical (unpaired) electrons. The standard InChI is InChI=1S/C10H19NOS/c1-2-3-7-11-10(12)9-6-4-5-8-13-9/h9H,2-8H2,1H3,(H,11,12). The van der Waals surface area contributed by atoms with Crippen molar-refractivity contribution in [3.8, 4) is 0 Å². The Kier molecular flexibility index (Phi) is 5.28. The average Bonchev–Trinajstić information content (AvgIpc) is 2.19. The van der Waals surface area contributed by atoms with E-state index in [1.54, 1.807) is 0 Å². The van der Waals surface area contributed by atoms with Crippen molar-refractivity contribution in [1.82, 2.24) is 5.32 Å². The lowest BCUT2D eigenvalue weighted by molar-refractivity contribution is -0.120. The third kappa shape index (κ3) is 4.03. The molecule has 0 aliphatic carbocycles. The van der Waals surface area contributed by atoms with Gasteiger partial charge in [0.05, 0.1) is 5.25 Å². The molecule has 0 bridgehead atoms. The first-order chi connectivity index (χ1) is 6.34. The highest BCUT2D eigenvalue weighted by Gasteiger charge is 2.20. The number of hydrogen-bond acceptors (Lipinski definition) is 2. The van der Waals surface area contributed by atoms with Gasteiger partial charge in [0.15, 0.2) is 0 Å². The van der Waals surface area contributed by atoms with Gasteiger partial charge in [-0.3, -0.25) is 4.79 Å². The largest absolute Gasteiger partial charge is 0.355 e. The summed E-state index contributed by atoms with van der Waals surface area (Å²) >= 11 is 1.82. The SMILES string of the molecule is CCCCNC(=O)C1CCCCS1. The van der Waals surface area contributed by atoms with E-state index in [9.17, 15) is 4.79 Å². The molecule has 2 nitrogen and oxygen atoms in total. The predicted molar refractivity (Wildman–Crippen MR) is 58.0 cm³/mol. The lowest BCUT2D eigenvalue weighted by Gasteiger charge is -2.20. The van der Waals surface area contributed by atoms with Crippen molar-refractivity contribution in [2.45, 2.75) is 44.3 Å². The van der Waals surface area contributed by atoms with Gasteiger partial charge in [0.1, 0.15) is 0 Å². The van der Waals surface area contributed by atoms with Crippen LogP contribution in [0.25, 0.3) is 0 Å². The van der Waals surface area contributed by atoms with Gasteiger partial charge in [-0.05, 0) is 25.0 Å². The zero-order chi connectivity index (χ0) is 9.52. The molecule has 0 aromatic carbocycles. The Bertz CT molecular complexity index is 155. The fourth-order valence-electron chi connectivity index (χ4n) is 1.45. The quantitative estimate of drug-likeness (QED) is 0.706. The lowest BCUT2D eigenvalue weighted by Crippen LogP contribution is -2.34. The van der Waals surface area contributed by atoms with E-state index < -0.39 is 0 Å². The van der Waals surface area contributed by atoms with Crippen LogP contribution in [-0.2, 0) is 4.79 Å². The minimum atomic E-state index is 0.241. The first-order valence-corrected chi connectivity index (χ1v) is 6.28. The zero-order valence-electron chi connectivity index (χ0n) is 8.34. The summed E-state index contributed by atoms with van der Waals surface area (Å²) in [5.74, 6) is 1.42. The maximum absolute atomic E-state index is 11.5. The van der Waals surface area contributed by atoms with E-state index in [4.69, 9.17) is 0 Å².